The number of hydrogen-bond donors (Lipinski definition) is 1. The molecule has 0 radical (unpaired) electrons. The van der Waals surface area contributed by atoms with Crippen molar-refractivity contribution in [3.8, 4) is 0 Å². The average Bonchev–Trinajstić information content (AvgIpc) is 3.07. The number of carbonyl (C=O) groups excluding carboxylic acids is 3. The quantitative estimate of drug-likeness (QED) is 0.755. The summed E-state index contributed by atoms with van der Waals surface area (Å²) in [4.78, 5) is 38.4. The Morgan fingerprint density at radius 3 is 2.48 bits per heavy atom. The van der Waals surface area contributed by atoms with Crippen LogP contribution in [0.15, 0.2) is 36.4 Å². The number of nitrogens with one attached hydrogen (secondary N) is 1. The summed E-state index contributed by atoms with van der Waals surface area (Å²) < 4.78 is 5.16. The zero-order valence-electron chi connectivity index (χ0n) is 16.6. The smallest absolute Gasteiger partial charge is 0.311 e. The number of ether oxygens (including phenoxy) is 1. The van der Waals surface area contributed by atoms with Crippen molar-refractivity contribution in [2.75, 3.05) is 23.4 Å². The number of esters is 1. The molecule has 29 heavy (non-hydrogen) atoms. The molecule has 0 bridgehead atoms. The maximum absolute atomic E-state index is 12.4. The Labute approximate surface area is 174 Å². The van der Waals surface area contributed by atoms with Gasteiger partial charge in [0, 0.05) is 29.4 Å². The van der Waals surface area contributed by atoms with E-state index in [4.69, 9.17) is 16.3 Å². The van der Waals surface area contributed by atoms with Gasteiger partial charge < -0.3 is 15.0 Å². The third-order valence-corrected chi connectivity index (χ3v) is 5.42. The zero-order valence-corrected chi connectivity index (χ0v) is 17.4. The highest BCUT2D eigenvalue weighted by Crippen LogP contribution is 2.29. The number of rotatable bonds is 5. The molecular formula is C22H23ClN2O4. The number of aryl methyl sites for hydroxylation is 3. The minimum Gasteiger partial charge on any atom is -0.455 e. The van der Waals surface area contributed by atoms with E-state index < -0.39 is 24.4 Å². The van der Waals surface area contributed by atoms with Crippen LogP contribution >= 0.6 is 11.6 Å². The maximum atomic E-state index is 12.4. The van der Waals surface area contributed by atoms with Crippen LogP contribution in [-0.4, -0.2) is 30.9 Å². The van der Waals surface area contributed by atoms with Crippen LogP contribution < -0.4 is 10.2 Å². The van der Waals surface area contributed by atoms with Gasteiger partial charge in [-0.05, 0) is 49.6 Å². The molecular weight excluding hydrogens is 392 g/mol. The zero-order chi connectivity index (χ0) is 21.1. The summed E-state index contributed by atoms with van der Waals surface area (Å²) >= 11 is 6.14. The first-order chi connectivity index (χ1) is 13.8. The molecule has 1 atom stereocenters. The minimum atomic E-state index is -0.615. The Morgan fingerprint density at radius 1 is 1.14 bits per heavy atom. The van der Waals surface area contributed by atoms with Crippen molar-refractivity contribution in [2.45, 2.75) is 27.2 Å². The molecule has 2 amide bonds. The van der Waals surface area contributed by atoms with E-state index in [2.05, 4.69) is 5.32 Å². The van der Waals surface area contributed by atoms with Crippen molar-refractivity contribution in [3.63, 3.8) is 0 Å². The highest BCUT2D eigenvalue weighted by atomic mass is 35.5. The minimum absolute atomic E-state index is 0.0445. The van der Waals surface area contributed by atoms with E-state index in [0.717, 1.165) is 16.7 Å². The van der Waals surface area contributed by atoms with Gasteiger partial charge in [0.2, 0.25) is 5.91 Å². The molecule has 152 valence electrons. The van der Waals surface area contributed by atoms with Gasteiger partial charge in [-0.1, -0.05) is 35.9 Å². The van der Waals surface area contributed by atoms with Crippen LogP contribution in [0.3, 0.4) is 0 Å². The molecule has 1 aliphatic heterocycles. The van der Waals surface area contributed by atoms with Crippen molar-refractivity contribution >= 4 is 40.8 Å². The Hall–Kier alpha value is -2.86. The fraction of sp³-hybridized carbons (Fsp3) is 0.318. The fourth-order valence-corrected chi connectivity index (χ4v) is 3.48. The Morgan fingerprint density at radius 2 is 1.83 bits per heavy atom. The van der Waals surface area contributed by atoms with E-state index in [-0.39, 0.29) is 18.9 Å². The Bertz CT molecular complexity index is 953. The van der Waals surface area contributed by atoms with Crippen molar-refractivity contribution in [1.82, 2.24) is 0 Å². The van der Waals surface area contributed by atoms with Gasteiger partial charge in [-0.15, -0.1) is 0 Å². The highest BCUT2D eigenvalue weighted by Gasteiger charge is 2.36. The van der Waals surface area contributed by atoms with Crippen molar-refractivity contribution in [1.29, 1.82) is 0 Å². The molecule has 2 aromatic carbocycles. The van der Waals surface area contributed by atoms with Crippen molar-refractivity contribution in [2.24, 2.45) is 5.92 Å². The third kappa shape index (κ3) is 4.77. The predicted molar refractivity (Wildman–Crippen MR) is 112 cm³/mol. The molecule has 1 heterocycles. The average molecular weight is 415 g/mol. The number of hydrogen-bond acceptors (Lipinski definition) is 4. The highest BCUT2D eigenvalue weighted by molar-refractivity contribution is 6.31. The van der Waals surface area contributed by atoms with Gasteiger partial charge >= 0.3 is 5.97 Å². The van der Waals surface area contributed by atoms with Crippen LogP contribution in [-0.2, 0) is 19.1 Å². The molecule has 6 nitrogen and oxygen atoms in total. The number of para-hydroxylation sites is 1. The van der Waals surface area contributed by atoms with E-state index in [0.29, 0.717) is 16.4 Å². The molecule has 0 aromatic heterocycles. The first kappa shape index (κ1) is 20.9. The molecule has 0 spiro atoms. The predicted octanol–water partition coefficient (Wildman–Crippen LogP) is 3.80. The van der Waals surface area contributed by atoms with Gasteiger partial charge in [-0.3, -0.25) is 14.4 Å². The monoisotopic (exact) mass is 414 g/mol. The molecule has 0 saturated carbocycles. The third-order valence-electron chi connectivity index (χ3n) is 5.02. The number of carbonyl (C=O) groups is 3. The molecule has 0 unspecified atom stereocenters. The standard InChI is InChI=1S/C22H23ClN2O4/c1-13-7-8-17(10-18(13)23)25-11-16(9-20(25)27)22(28)29-12-19(26)24-21-14(2)5-4-6-15(21)3/h4-8,10,16H,9,11-12H2,1-3H3,(H,24,26)/t16-/m0/s1. The van der Waals surface area contributed by atoms with Gasteiger partial charge in [0.15, 0.2) is 6.61 Å². The number of anilines is 2. The second-order valence-corrected chi connectivity index (χ2v) is 7.67. The van der Waals surface area contributed by atoms with Gasteiger partial charge in [0.1, 0.15) is 0 Å². The second-order valence-electron chi connectivity index (χ2n) is 7.26. The molecule has 0 aliphatic carbocycles. The van der Waals surface area contributed by atoms with Crippen LogP contribution in [0, 0.1) is 26.7 Å². The normalized spacial score (nSPS) is 16.1. The Kier molecular flexibility index (Phi) is 6.23. The number of amides is 2. The summed E-state index contributed by atoms with van der Waals surface area (Å²) in [6.45, 7) is 5.47. The molecule has 1 aliphatic rings. The largest absolute Gasteiger partial charge is 0.455 e. The summed E-state index contributed by atoms with van der Waals surface area (Å²) in [6, 6.07) is 11.0. The second kappa shape index (κ2) is 8.66. The summed E-state index contributed by atoms with van der Waals surface area (Å²) in [5.74, 6) is -1.76. The summed E-state index contributed by atoms with van der Waals surface area (Å²) in [5.41, 5.74) is 4.13. The lowest BCUT2D eigenvalue weighted by molar-refractivity contribution is -0.151. The van der Waals surface area contributed by atoms with Crippen LogP contribution in [0.2, 0.25) is 5.02 Å². The van der Waals surface area contributed by atoms with E-state index in [9.17, 15) is 14.4 Å². The first-order valence-electron chi connectivity index (χ1n) is 9.35. The van der Waals surface area contributed by atoms with E-state index in [1.807, 2.05) is 45.0 Å². The van der Waals surface area contributed by atoms with Crippen molar-refractivity contribution < 1.29 is 19.1 Å². The molecule has 2 aromatic rings. The first-order valence-corrected chi connectivity index (χ1v) is 9.73. The molecule has 1 fully saturated rings. The summed E-state index contributed by atoms with van der Waals surface area (Å²) in [7, 11) is 0. The lowest BCUT2D eigenvalue weighted by atomic mass is 10.1. The van der Waals surface area contributed by atoms with Gasteiger partial charge in [-0.2, -0.15) is 0 Å². The summed E-state index contributed by atoms with van der Waals surface area (Å²) in [5, 5.41) is 3.33. The molecule has 7 heteroatoms. The van der Waals surface area contributed by atoms with Crippen LogP contribution in [0.5, 0.6) is 0 Å². The van der Waals surface area contributed by atoms with Crippen LogP contribution in [0.4, 0.5) is 11.4 Å². The number of benzene rings is 2. The maximum Gasteiger partial charge on any atom is 0.311 e. The Balaban J connectivity index is 1.56. The molecule has 1 saturated heterocycles. The van der Waals surface area contributed by atoms with E-state index in [1.165, 1.54) is 4.90 Å². The van der Waals surface area contributed by atoms with Gasteiger partial charge in [0.25, 0.3) is 5.91 Å². The van der Waals surface area contributed by atoms with Gasteiger partial charge in [-0.25, -0.2) is 0 Å². The van der Waals surface area contributed by atoms with Gasteiger partial charge in [0.05, 0.1) is 5.92 Å². The topological polar surface area (TPSA) is 75.7 Å². The van der Waals surface area contributed by atoms with E-state index >= 15 is 0 Å². The van der Waals surface area contributed by atoms with Crippen LogP contribution in [0.25, 0.3) is 0 Å². The lowest BCUT2D eigenvalue weighted by Gasteiger charge is -2.17. The van der Waals surface area contributed by atoms with Crippen molar-refractivity contribution in [3.05, 3.63) is 58.1 Å². The lowest BCUT2D eigenvalue weighted by Crippen LogP contribution is -2.28. The SMILES string of the molecule is Cc1ccc(N2C[C@@H](C(=O)OCC(=O)Nc3c(C)cccc3C)CC2=O)cc1Cl. The molecule has 1 N–H and O–H groups in total. The molecule has 3 rings (SSSR count). The number of nitrogens with zero attached hydrogens (tertiary/aromatic N) is 1. The van der Waals surface area contributed by atoms with Crippen LogP contribution in [0.1, 0.15) is 23.1 Å². The fourth-order valence-electron chi connectivity index (χ4n) is 3.31. The van der Waals surface area contributed by atoms with E-state index in [1.54, 1.807) is 12.1 Å². The summed E-state index contributed by atoms with van der Waals surface area (Å²) in [6.07, 6.45) is 0.0445. The number of halogens is 1.